The minimum absolute atomic E-state index is 0.0544. The first-order valence-corrected chi connectivity index (χ1v) is 12.1. The Balaban J connectivity index is 1.43. The number of piperidine rings is 1. The number of hydrogen-bond donors (Lipinski definition) is 1. The van der Waals surface area contributed by atoms with Gasteiger partial charge >= 0.3 is 6.18 Å². The van der Waals surface area contributed by atoms with E-state index in [-0.39, 0.29) is 17.9 Å². The number of ether oxygens (including phenoxy) is 1. The zero-order chi connectivity index (χ0) is 24.7. The summed E-state index contributed by atoms with van der Waals surface area (Å²) in [5, 5.41) is 3.64. The molecule has 1 N–H and O–H groups in total. The van der Waals surface area contributed by atoms with E-state index >= 15 is 0 Å². The van der Waals surface area contributed by atoms with E-state index in [4.69, 9.17) is 21.3 Å². The summed E-state index contributed by atoms with van der Waals surface area (Å²) in [7, 11) is 0. The van der Waals surface area contributed by atoms with Crippen molar-refractivity contribution in [3.05, 3.63) is 52.5 Å². The van der Waals surface area contributed by atoms with Crippen molar-refractivity contribution in [2.24, 2.45) is 5.92 Å². The first-order chi connectivity index (χ1) is 16.7. The Kier molecular flexibility index (Phi) is 6.40. The molecule has 1 unspecified atom stereocenters. The number of hydrogen-bond acceptors (Lipinski definition) is 4. The van der Waals surface area contributed by atoms with Gasteiger partial charge in [-0.2, -0.15) is 13.2 Å². The van der Waals surface area contributed by atoms with Crippen molar-refractivity contribution in [2.75, 3.05) is 31.2 Å². The normalized spacial score (nSPS) is 19.5. The number of halogens is 4. The third-order valence-electron chi connectivity index (χ3n) is 6.79. The molecule has 0 aliphatic carbocycles. The quantitative estimate of drug-likeness (QED) is 0.533. The number of aromatic nitrogens is 2. The highest BCUT2D eigenvalue weighted by Gasteiger charge is 2.32. The van der Waals surface area contributed by atoms with Crippen LogP contribution in [0.2, 0.25) is 5.02 Å². The second-order valence-electron chi connectivity index (χ2n) is 9.21. The van der Waals surface area contributed by atoms with Gasteiger partial charge in [-0.05, 0) is 68.1 Å². The third kappa shape index (κ3) is 4.84. The average molecular weight is 507 g/mol. The Labute approximate surface area is 206 Å². The van der Waals surface area contributed by atoms with Gasteiger partial charge in [0.1, 0.15) is 0 Å². The largest absolute Gasteiger partial charge is 0.416 e. The molecule has 10 heteroatoms. The summed E-state index contributed by atoms with van der Waals surface area (Å²) in [6, 6.07) is 8.80. The molecule has 35 heavy (non-hydrogen) atoms. The molecule has 2 aliphatic rings. The minimum atomic E-state index is -4.41. The number of aryl methyl sites for hydroxylation is 1. The van der Waals surface area contributed by atoms with Crippen molar-refractivity contribution < 1.29 is 22.7 Å². The van der Waals surface area contributed by atoms with Crippen LogP contribution in [0.3, 0.4) is 0 Å². The summed E-state index contributed by atoms with van der Waals surface area (Å²) >= 11 is 6.39. The highest BCUT2D eigenvalue weighted by atomic mass is 35.5. The molecule has 2 aliphatic heterocycles. The fourth-order valence-electron chi connectivity index (χ4n) is 4.77. The lowest BCUT2D eigenvalue weighted by Crippen LogP contribution is -2.44. The Bertz CT molecular complexity index is 1230. The van der Waals surface area contributed by atoms with Crippen molar-refractivity contribution >= 4 is 34.5 Å². The topological polar surface area (TPSA) is 59.4 Å². The fraction of sp³-hybridized carbons (Fsp3) is 0.440. The third-order valence-corrected chi connectivity index (χ3v) is 7.20. The van der Waals surface area contributed by atoms with Crippen LogP contribution in [0.1, 0.15) is 30.4 Å². The van der Waals surface area contributed by atoms with E-state index in [1.807, 2.05) is 17.6 Å². The lowest BCUT2D eigenvalue weighted by Gasteiger charge is -2.32. The van der Waals surface area contributed by atoms with Gasteiger partial charge < -0.3 is 15.0 Å². The van der Waals surface area contributed by atoms with Crippen LogP contribution in [0.4, 0.5) is 19.1 Å². The number of fused-ring (bicyclic) bond motifs is 1. The van der Waals surface area contributed by atoms with E-state index in [9.17, 15) is 18.0 Å². The van der Waals surface area contributed by atoms with E-state index < -0.39 is 11.7 Å². The van der Waals surface area contributed by atoms with E-state index in [2.05, 4.69) is 10.2 Å². The van der Waals surface area contributed by atoms with Gasteiger partial charge in [0, 0.05) is 36.3 Å². The van der Waals surface area contributed by atoms with Crippen molar-refractivity contribution in [3.8, 4) is 5.69 Å². The number of carbonyl (C=O) groups is 1. The van der Waals surface area contributed by atoms with Gasteiger partial charge in [-0.3, -0.25) is 9.36 Å². The molecule has 0 saturated carbocycles. The predicted octanol–water partition coefficient (Wildman–Crippen LogP) is 5.13. The van der Waals surface area contributed by atoms with Crippen LogP contribution < -0.4 is 10.2 Å². The van der Waals surface area contributed by atoms with Gasteiger partial charge in [0.05, 0.1) is 29.2 Å². The number of anilines is 1. The van der Waals surface area contributed by atoms with E-state index in [0.717, 1.165) is 29.6 Å². The zero-order valence-corrected chi connectivity index (χ0v) is 20.0. The van der Waals surface area contributed by atoms with Crippen LogP contribution in [0.5, 0.6) is 0 Å². The first-order valence-electron chi connectivity index (χ1n) is 11.7. The smallest absolute Gasteiger partial charge is 0.379 e. The van der Waals surface area contributed by atoms with Gasteiger partial charge in [-0.1, -0.05) is 11.6 Å². The van der Waals surface area contributed by atoms with Crippen LogP contribution in [0.25, 0.3) is 16.7 Å². The second kappa shape index (κ2) is 9.35. The van der Waals surface area contributed by atoms with E-state index in [0.29, 0.717) is 61.3 Å². The molecule has 2 fully saturated rings. The summed E-state index contributed by atoms with van der Waals surface area (Å²) in [6.45, 7) is 4.33. The van der Waals surface area contributed by atoms with E-state index in [1.54, 1.807) is 6.07 Å². The summed E-state index contributed by atoms with van der Waals surface area (Å²) < 4.78 is 46.6. The van der Waals surface area contributed by atoms with Gasteiger partial charge in [-0.15, -0.1) is 0 Å². The minimum Gasteiger partial charge on any atom is -0.379 e. The molecule has 0 bridgehead atoms. The number of amides is 1. The van der Waals surface area contributed by atoms with Gasteiger partial charge in [0.25, 0.3) is 0 Å². The second-order valence-corrected chi connectivity index (χ2v) is 9.62. The van der Waals surface area contributed by atoms with Crippen molar-refractivity contribution in [2.45, 2.75) is 38.4 Å². The molecule has 3 heterocycles. The molecule has 6 nitrogen and oxygen atoms in total. The van der Waals surface area contributed by atoms with Crippen molar-refractivity contribution in [1.82, 2.24) is 14.9 Å². The van der Waals surface area contributed by atoms with Crippen LogP contribution in [0.15, 0.2) is 36.4 Å². The molecule has 186 valence electrons. The SMILES string of the molecule is Cc1cc2nc(N3CCC(C(=O)NC4CCOC4)CC3)n(-c3ccc(C(F)(F)F)cc3)c2cc1Cl. The van der Waals surface area contributed by atoms with Crippen molar-refractivity contribution in [1.29, 1.82) is 0 Å². The summed E-state index contributed by atoms with van der Waals surface area (Å²) in [4.78, 5) is 19.6. The zero-order valence-electron chi connectivity index (χ0n) is 19.2. The number of imidazole rings is 1. The van der Waals surface area contributed by atoms with Crippen LogP contribution >= 0.6 is 11.6 Å². The molecule has 2 aromatic carbocycles. The van der Waals surface area contributed by atoms with Gasteiger partial charge in [0.2, 0.25) is 11.9 Å². The Morgan fingerprint density at radius 2 is 1.86 bits per heavy atom. The standard InChI is InChI=1S/C25H26ClF3N4O2/c1-15-12-21-22(13-20(15)26)33(19-4-2-17(3-5-19)25(27,28)29)24(31-21)32-9-6-16(7-10-32)23(34)30-18-8-11-35-14-18/h2-5,12-13,16,18H,6-11,14H2,1H3,(H,30,34). The number of rotatable bonds is 4. The number of nitrogens with zero attached hydrogens (tertiary/aromatic N) is 3. The number of nitrogens with one attached hydrogen (secondary N) is 1. The van der Waals surface area contributed by atoms with Crippen LogP contribution in [-0.4, -0.2) is 47.8 Å². The summed E-state index contributed by atoms with van der Waals surface area (Å²) in [5.41, 5.74) is 2.16. The molecule has 3 aromatic rings. The monoisotopic (exact) mass is 506 g/mol. The van der Waals surface area contributed by atoms with Crippen molar-refractivity contribution in [3.63, 3.8) is 0 Å². The highest BCUT2D eigenvalue weighted by Crippen LogP contribution is 2.35. The molecule has 5 rings (SSSR count). The maximum Gasteiger partial charge on any atom is 0.416 e. The van der Waals surface area contributed by atoms with E-state index in [1.165, 1.54) is 12.1 Å². The Morgan fingerprint density at radius 1 is 1.14 bits per heavy atom. The van der Waals surface area contributed by atoms with Gasteiger partial charge in [-0.25, -0.2) is 4.98 Å². The molecule has 0 radical (unpaired) electrons. The first kappa shape index (κ1) is 23.9. The molecular weight excluding hydrogens is 481 g/mol. The predicted molar refractivity (Wildman–Crippen MR) is 128 cm³/mol. The molecule has 1 atom stereocenters. The van der Waals surface area contributed by atoms with Gasteiger partial charge in [0.15, 0.2) is 0 Å². The Hall–Kier alpha value is -2.78. The van der Waals surface area contributed by atoms with Crippen LogP contribution in [-0.2, 0) is 15.7 Å². The Morgan fingerprint density at radius 3 is 2.49 bits per heavy atom. The maximum absolute atomic E-state index is 13.1. The summed E-state index contributed by atoms with van der Waals surface area (Å²) in [5.74, 6) is 0.593. The lowest BCUT2D eigenvalue weighted by atomic mass is 9.95. The molecule has 0 spiro atoms. The fourth-order valence-corrected chi connectivity index (χ4v) is 4.92. The van der Waals surface area contributed by atoms with Crippen LogP contribution in [0, 0.1) is 12.8 Å². The number of benzene rings is 2. The molecule has 2 saturated heterocycles. The average Bonchev–Trinajstić information content (AvgIpc) is 3.47. The molecule has 1 aromatic heterocycles. The number of carbonyl (C=O) groups excluding carboxylic acids is 1. The lowest BCUT2D eigenvalue weighted by molar-refractivity contribution is -0.137. The molecular formula is C25H26ClF3N4O2. The summed E-state index contributed by atoms with van der Waals surface area (Å²) in [6.07, 6.45) is -2.25. The maximum atomic E-state index is 13.1. The number of alkyl halides is 3. The molecule has 1 amide bonds. The highest BCUT2D eigenvalue weighted by molar-refractivity contribution is 6.32.